The van der Waals surface area contributed by atoms with Gasteiger partial charge in [-0.1, -0.05) is 49.8 Å². The summed E-state index contributed by atoms with van der Waals surface area (Å²) in [6, 6.07) is 0. The molecule has 0 aliphatic rings. The molecule has 0 radical (unpaired) electrons. The van der Waals surface area contributed by atoms with Crippen molar-refractivity contribution in [1.29, 1.82) is 0 Å². The SMILES string of the molecule is CCCCOC(=O)C(CI)C(C)C. The van der Waals surface area contributed by atoms with Crippen LogP contribution in [0.1, 0.15) is 33.6 Å². The van der Waals surface area contributed by atoms with Crippen LogP contribution >= 0.6 is 22.6 Å². The number of halogens is 1. The van der Waals surface area contributed by atoms with E-state index in [-0.39, 0.29) is 11.9 Å². The highest BCUT2D eigenvalue weighted by Gasteiger charge is 2.21. The third kappa shape index (κ3) is 5.49. The molecule has 13 heavy (non-hydrogen) atoms. The highest BCUT2D eigenvalue weighted by atomic mass is 127. The van der Waals surface area contributed by atoms with Gasteiger partial charge >= 0.3 is 5.97 Å². The van der Waals surface area contributed by atoms with E-state index in [1.54, 1.807) is 0 Å². The molecule has 0 saturated carbocycles. The van der Waals surface area contributed by atoms with E-state index in [1.165, 1.54) is 0 Å². The predicted molar refractivity (Wildman–Crippen MR) is 63.1 cm³/mol. The number of rotatable bonds is 6. The Morgan fingerprint density at radius 3 is 2.46 bits per heavy atom. The van der Waals surface area contributed by atoms with Gasteiger partial charge < -0.3 is 4.74 Å². The average molecular weight is 298 g/mol. The lowest BCUT2D eigenvalue weighted by Gasteiger charge is -2.16. The Kier molecular flexibility index (Phi) is 7.71. The first-order valence-corrected chi connectivity index (χ1v) is 6.38. The molecule has 0 fully saturated rings. The summed E-state index contributed by atoms with van der Waals surface area (Å²) in [5, 5.41) is 0. The number of carbonyl (C=O) groups is 1. The normalized spacial score (nSPS) is 13.0. The van der Waals surface area contributed by atoms with E-state index in [1.807, 2.05) is 0 Å². The van der Waals surface area contributed by atoms with Crippen LogP contribution in [0.25, 0.3) is 0 Å². The zero-order valence-corrected chi connectivity index (χ0v) is 10.8. The van der Waals surface area contributed by atoms with Gasteiger partial charge in [0.2, 0.25) is 0 Å². The number of ether oxygens (including phenoxy) is 1. The van der Waals surface area contributed by atoms with Gasteiger partial charge in [0.25, 0.3) is 0 Å². The summed E-state index contributed by atoms with van der Waals surface area (Å²) in [5.74, 6) is 0.418. The van der Waals surface area contributed by atoms with Crippen molar-refractivity contribution in [1.82, 2.24) is 0 Å². The Bertz CT molecular complexity index is 146. The van der Waals surface area contributed by atoms with Crippen molar-refractivity contribution in [2.24, 2.45) is 11.8 Å². The largest absolute Gasteiger partial charge is 0.465 e. The fourth-order valence-electron chi connectivity index (χ4n) is 0.937. The van der Waals surface area contributed by atoms with Gasteiger partial charge in [0.05, 0.1) is 12.5 Å². The Balaban J connectivity index is 3.78. The summed E-state index contributed by atoms with van der Waals surface area (Å²) in [6.07, 6.45) is 2.04. The average Bonchev–Trinajstić information content (AvgIpc) is 2.05. The Labute approximate surface area is 94.6 Å². The topological polar surface area (TPSA) is 26.3 Å². The molecule has 1 atom stereocenters. The molecule has 0 heterocycles. The maximum absolute atomic E-state index is 11.5. The van der Waals surface area contributed by atoms with Gasteiger partial charge in [-0.15, -0.1) is 0 Å². The molecule has 0 saturated heterocycles. The molecule has 0 bridgehead atoms. The number of hydrogen-bond acceptors (Lipinski definition) is 2. The minimum Gasteiger partial charge on any atom is -0.465 e. The third-order valence-corrected chi connectivity index (χ3v) is 2.96. The van der Waals surface area contributed by atoms with Crippen molar-refractivity contribution in [3.8, 4) is 0 Å². The molecule has 3 heteroatoms. The van der Waals surface area contributed by atoms with Gasteiger partial charge in [-0.2, -0.15) is 0 Å². The monoisotopic (exact) mass is 298 g/mol. The smallest absolute Gasteiger partial charge is 0.309 e. The lowest BCUT2D eigenvalue weighted by molar-refractivity contribution is -0.149. The van der Waals surface area contributed by atoms with Gasteiger partial charge in [-0.25, -0.2) is 0 Å². The second-order valence-corrected chi connectivity index (χ2v) is 4.41. The molecule has 1 unspecified atom stereocenters. The maximum atomic E-state index is 11.5. The fourth-order valence-corrected chi connectivity index (χ4v) is 2.31. The molecular weight excluding hydrogens is 279 g/mol. The minimum absolute atomic E-state index is 0.0298. The first kappa shape index (κ1) is 13.2. The van der Waals surface area contributed by atoms with Crippen molar-refractivity contribution in [2.45, 2.75) is 33.6 Å². The lowest BCUT2D eigenvalue weighted by atomic mass is 9.99. The lowest BCUT2D eigenvalue weighted by Crippen LogP contribution is -2.24. The van der Waals surface area contributed by atoms with E-state index in [2.05, 4.69) is 43.4 Å². The van der Waals surface area contributed by atoms with E-state index in [9.17, 15) is 4.79 Å². The Morgan fingerprint density at radius 2 is 2.08 bits per heavy atom. The van der Waals surface area contributed by atoms with Crippen LogP contribution in [0.3, 0.4) is 0 Å². The summed E-state index contributed by atoms with van der Waals surface area (Å²) in [4.78, 5) is 11.5. The van der Waals surface area contributed by atoms with E-state index in [4.69, 9.17) is 4.74 Å². The van der Waals surface area contributed by atoms with Crippen LogP contribution in [0.4, 0.5) is 0 Å². The Hall–Kier alpha value is 0.200. The van der Waals surface area contributed by atoms with Crippen LogP contribution in [0.5, 0.6) is 0 Å². The number of hydrogen-bond donors (Lipinski definition) is 0. The van der Waals surface area contributed by atoms with Crippen LogP contribution in [0, 0.1) is 11.8 Å². The summed E-state index contributed by atoms with van der Waals surface area (Å²) < 4.78 is 6.00. The van der Waals surface area contributed by atoms with Gasteiger partial charge in [0.15, 0.2) is 0 Å². The van der Waals surface area contributed by atoms with Gasteiger partial charge in [0.1, 0.15) is 0 Å². The van der Waals surface area contributed by atoms with Crippen LogP contribution in [-0.4, -0.2) is 17.0 Å². The van der Waals surface area contributed by atoms with E-state index >= 15 is 0 Å². The molecule has 0 aromatic carbocycles. The molecule has 0 aromatic heterocycles. The zero-order chi connectivity index (χ0) is 10.3. The maximum Gasteiger partial charge on any atom is 0.309 e. The van der Waals surface area contributed by atoms with Crippen LogP contribution in [0.15, 0.2) is 0 Å². The number of esters is 1. The summed E-state index contributed by atoms with van der Waals surface area (Å²) in [7, 11) is 0. The molecule has 0 aliphatic carbocycles. The van der Waals surface area contributed by atoms with E-state index < -0.39 is 0 Å². The van der Waals surface area contributed by atoms with E-state index in [0.29, 0.717) is 12.5 Å². The van der Waals surface area contributed by atoms with Crippen molar-refractivity contribution in [2.75, 3.05) is 11.0 Å². The minimum atomic E-state index is -0.0298. The highest BCUT2D eigenvalue weighted by molar-refractivity contribution is 14.1. The number of alkyl halides is 1. The van der Waals surface area contributed by atoms with Crippen molar-refractivity contribution >= 4 is 28.6 Å². The first-order chi connectivity index (χ1) is 6.13. The third-order valence-electron chi connectivity index (χ3n) is 2.02. The molecule has 0 N–H and O–H groups in total. The zero-order valence-electron chi connectivity index (χ0n) is 8.68. The molecule has 0 aromatic rings. The Morgan fingerprint density at radius 1 is 1.46 bits per heavy atom. The van der Waals surface area contributed by atoms with Crippen LogP contribution in [0.2, 0.25) is 0 Å². The predicted octanol–water partition coefficient (Wildman–Crippen LogP) is 3.04. The van der Waals surface area contributed by atoms with Crippen molar-refractivity contribution in [3.05, 3.63) is 0 Å². The highest BCUT2D eigenvalue weighted by Crippen LogP contribution is 2.15. The van der Waals surface area contributed by atoms with E-state index in [0.717, 1.165) is 17.3 Å². The van der Waals surface area contributed by atoms with Gasteiger partial charge in [-0.05, 0) is 12.3 Å². The molecular formula is C10H19IO2. The summed E-state index contributed by atoms with van der Waals surface area (Å²) in [6.45, 7) is 6.79. The molecule has 78 valence electrons. The quantitative estimate of drug-likeness (QED) is 0.326. The standard InChI is InChI=1S/C10H19IO2/c1-4-5-6-13-10(12)9(7-11)8(2)3/h8-9H,4-7H2,1-3H3. The summed E-state index contributed by atoms with van der Waals surface area (Å²) in [5.41, 5.74) is 0. The second kappa shape index (κ2) is 7.59. The van der Waals surface area contributed by atoms with Gasteiger partial charge in [-0.3, -0.25) is 4.79 Å². The number of carbonyl (C=O) groups excluding carboxylic acids is 1. The molecule has 2 nitrogen and oxygen atoms in total. The molecule has 0 spiro atoms. The van der Waals surface area contributed by atoms with Crippen LogP contribution in [-0.2, 0) is 9.53 Å². The number of unbranched alkanes of at least 4 members (excludes halogenated alkanes) is 1. The van der Waals surface area contributed by atoms with Crippen LogP contribution < -0.4 is 0 Å². The van der Waals surface area contributed by atoms with Gasteiger partial charge in [0, 0.05) is 4.43 Å². The molecule has 0 aliphatic heterocycles. The fraction of sp³-hybridized carbons (Fsp3) is 0.900. The molecule has 0 amide bonds. The summed E-state index contributed by atoms with van der Waals surface area (Å²) >= 11 is 2.24. The molecule has 0 rings (SSSR count). The van der Waals surface area contributed by atoms with Crippen molar-refractivity contribution in [3.63, 3.8) is 0 Å². The van der Waals surface area contributed by atoms with Crippen molar-refractivity contribution < 1.29 is 9.53 Å². The first-order valence-electron chi connectivity index (χ1n) is 4.86. The second-order valence-electron chi connectivity index (χ2n) is 3.53.